The largest absolute Gasteiger partial charge is 0.341 e. The molecule has 1 aliphatic heterocycles. The molecule has 3 aromatic heterocycles. The maximum Gasteiger partial charge on any atom is 0.227 e. The van der Waals surface area contributed by atoms with Crippen LogP contribution in [0.5, 0.6) is 0 Å². The molecule has 31 heavy (non-hydrogen) atoms. The first-order valence-corrected chi connectivity index (χ1v) is 10.8. The molecule has 7 nitrogen and oxygen atoms in total. The number of piperidine rings is 1. The summed E-state index contributed by atoms with van der Waals surface area (Å²) in [7, 11) is 0. The van der Waals surface area contributed by atoms with Gasteiger partial charge in [0, 0.05) is 18.5 Å². The highest BCUT2D eigenvalue weighted by atomic mass is 15.3. The lowest BCUT2D eigenvalue weighted by Gasteiger charge is -2.32. The van der Waals surface area contributed by atoms with Gasteiger partial charge in [0.05, 0.1) is 23.6 Å². The van der Waals surface area contributed by atoms with Crippen molar-refractivity contribution in [3.63, 3.8) is 0 Å². The first-order valence-electron chi connectivity index (χ1n) is 10.8. The van der Waals surface area contributed by atoms with Crippen LogP contribution in [0.3, 0.4) is 0 Å². The minimum absolute atomic E-state index is 0.717. The van der Waals surface area contributed by atoms with Crippen LogP contribution in [0.4, 0.5) is 5.95 Å². The Labute approximate surface area is 179 Å². The van der Waals surface area contributed by atoms with Crippen molar-refractivity contribution < 1.29 is 0 Å². The Morgan fingerprint density at radius 3 is 2.71 bits per heavy atom. The van der Waals surface area contributed by atoms with Crippen LogP contribution in [0.2, 0.25) is 0 Å². The molecule has 5 aromatic rings. The quantitative estimate of drug-likeness (QED) is 0.483. The van der Waals surface area contributed by atoms with Crippen LogP contribution in [0.1, 0.15) is 18.4 Å². The number of benzene rings is 2. The highest BCUT2D eigenvalue weighted by molar-refractivity contribution is 5.81. The van der Waals surface area contributed by atoms with Crippen molar-refractivity contribution in [3.05, 3.63) is 72.8 Å². The Bertz CT molecular complexity index is 1330. The summed E-state index contributed by atoms with van der Waals surface area (Å²) < 4.78 is 2.02. The molecule has 1 fully saturated rings. The van der Waals surface area contributed by atoms with Gasteiger partial charge in [-0.2, -0.15) is 10.1 Å². The fourth-order valence-corrected chi connectivity index (χ4v) is 4.50. The van der Waals surface area contributed by atoms with Gasteiger partial charge in [0.25, 0.3) is 0 Å². The lowest BCUT2D eigenvalue weighted by Crippen LogP contribution is -2.35. The van der Waals surface area contributed by atoms with Gasteiger partial charge in [-0.3, -0.25) is 9.67 Å². The van der Waals surface area contributed by atoms with Crippen LogP contribution >= 0.6 is 0 Å². The number of hydrogen-bond donors (Lipinski definition) is 1. The number of imidazole rings is 1. The predicted octanol–water partition coefficient (Wildman–Crippen LogP) is 4.15. The first-order chi connectivity index (χ1) is 15.3. The summed E-state index contributed by atoms with van der Waals surface area (Å²) in [4.78, 5) is 16.3. The molecule has 6 rings (SSSR count). The van der Waals surface area contributed by atoms with Crippen LogP contribution in [0.15, 0.2) is 67.3 Å². The van der Waals surface area contributed by atoms with Crippen molar-refractivity contribution in [1.29, 1.82) is 0 Å². The number of nitrogens with one attached hydrogen (secondary N) is 1. The Hall–Kier alpha value is -3.74. The van der Waals surface area contributed by atoms with E-state index in [0.29, 0.717) is 5.92 Å². The van der Waals surface area contributed by atoms with E-state index in [2.05, 4.69) is 73.6 Å². The third kappa shape index (κ3) is 3.42. The average Bonchev–Trinajstić information content (AvgIpc) is 3.46. The summed E-state index contributed by atoms with van der Waals surface area (Å²) in [5, 5.41) is 8.23. The second-order valence-corrected chi connectivity index (χ2v) is 8.26. The molecule has 0 bridgehead atoms. The standard InChI is InChI=1S/C24H23N7/c1-2-4-17(5-3-1)12-18-8-10-30(11-9-18)24-25-15-22-23(28-24)31(16-26-22)20-7-6-19-14-27-29-21(19)13-20/h1-7,13-16,18H,8-12H2,(H,27,29). The van der Waals surface area contributed by atoms with Gasteiger partial charge in [-0.1, -0.05) is 30.3 Å². The Balaban J connectivity index is 1.23. The van der Waals surface area contributed by atoms with Crippen molar-refractivity contribution in [2.45, 2.75) is 19.3 Å². The third-order valence-electron chi connectivity index (χ3n) is 6.25. The zero-order valence-corrected chi connectivity index (χ0v) is 17.1. The van der Waals surface area contributed by atoms with E-state index in [1.54, 1.807) is 0 Å². The van der Waals surface area contributed by atoms with Gasteiger partial charge >= 0.3 is 0 Å². The van der Waals surface area contributed by atoms with Gasteiger partial charge in [-0.05, 0) is 48.9 Å². The molecular weight excluding hydrogens is 386 g/mol. The smallest absolute Gasteiger partial charge is 0.227 e. The van der Waals surface area contributed by atoms with Crippen molar-refractivity contribution in [2.24, 2.45) is 5.92 Å². The fraction of sp³-hybridized carbons (Fsp3) is 0.250. The van der Waals surface area contributed by atoms with E-state index in [0.717, 1.165) is 66.1 Å². The highest BCUT2D eigenvalue weighted by Gasteiger charge is 2.22. The van der Waals surface area contributed by atoms with Crippen molar-refractivity contribution in [2.75, 3.05) is 18.0 Å². The first kappa shape index (κ1) is 18.1. The van der Waals surface area contributed by atoms with E-state index in [1.807, 2.05) is 23.3 Å². The number of H-pyrrole nitrogens is 1. The van der Waals surface area contributed by atoms with Gasteiger partial charge in [0.15, 0.2) is 5.65 Å². The molecule has 0 radical (unpaired) electrons. The molecule has 154 valence electrons. The number of anilines is 1. The Morgan fingerprint density at radius 2 is 1.84 bits per heavy atom. The maximum atomic E-state index is 4.90. The molecule has 0 atom stereocenters. The summed E-state index contributed by atoms with van der Waals surface area (Å²) in [6, 6.07) is 17.0. The van der Waals surface area contributed by atoms with Gasteiger partial charge in [-0.15, -0.1) is 0 Å². The number of rotatable bonds is 4. The summed E-state index contributed by atoms with van der Waals surface area (Å²) in [5.41, 5.74) is 5.05. The number of nitrogens with zero attached hydrogens (tertiary/aromatic N) is 6. The molecule has 0 aliphatic carbocycles. The molecule has 0 amide bonds. The molecule has 0 unspecified atom stereocenters. The minimum Gasteiger partial charge on any atom is -0.341 e. The van der Waals surface area contributed by atoms with Crippen LogP contribution < -0.4 is 4.90 Å². The van der Waals surface area contributed by atoms with E-state index in [-0.39, 0.29) is 0 Å². The minimum atomic E-state index is 0.717. The molecule has 1 N–H and O–H groups in total. The highest BCUT2D eigenvalue weighted by Crippen LogP contribution is 2.26. The second-order valence-electron chi connectivity index (χ2n) is 8.26. The average molecular weight is 409 g/mol. The summed E-state index contributed by atoms with van der Waals surface area (Å²) in [5.74, 6) is 1.50. The topological polar surface area (TPSA) is 75.5 Å². The lowest BCUT2D eigenvalue weighted by atomic mass is 9.90. The van der Waals surface area contributed by atoms with Crippen LogP contribution in [0.25, 0.3) is 27.8 Å². The van der Waals surface area contributed by atoms with Crippen molar-refractivity contribution in [3.8, 4) is 5.69 Å². The predicted molar refractivity (Wildman–Crippen MR) is 121 cm³/mol. The number of fused-ring (bicyclic) bond motifs is 2. The summed E-state index contributed by atoms with van der Waals surface area (Å²) in [6.45, 7) is 1.97. The van der Waals surface area contributed by atoms with E-state index in [1.165, 1.54) is 5.56 Å². The molecule has 0 spiro atoms. The van der Waals surface area contributed by atoms with Gasteiger partial charge in [-0.25, -0.2) is 9.97 Å². The lowest BCUT2D eigenvalue weighted by molar-refractivity contribution is 0.401. The number of aromatic nitrogens is 6. The third-order valence-corrected chi connectivity index (χ3v) is 6.25. The monoisotopic (exact) mass is 409 g/mol. The zero-order valence-electron chi connectivity index (χ0n) is 17.1. The second kappa shape index (κ2) is 7.50. The van der Waals surface area contributed by atoms with E-state index in [4.69, 9.17) is 4.98 Å². The summed E-state index contributed by atoms with van der Waals surface area (Å²) in [6.07, 6.45) is 8.94. The maximum absolute atomic E-state index is 4.90. The van der Waals surface area contributed by atoms with Crippen molar-refractivity contribution >= 4 is 28.0 Å². The van der Waals surface area contributed by atoms with Crippen LogP contribution in [-0.2, 0) is 6.42 Å². The number of aromatic amines is 1. The molecule has 1 aliphatic rings. The normalized spacial score (nSPS) is 15.2. The van der Waals surface area contributed by atoms with E-state index in [9.17, 15) is 0 Å². The molecule has 0 saturated carbocycles. The van der Waals surface area contributed by atoms with Gasteiger partial charge in [0.1, 0.15) is 11.8 Å². The Morgan fingerprint density at radius 1 is 0.968 bits per heavy atom. The molecule has 2 aromatic carbocycles. The molecular formula is C24H23N7. The summed E-state index contributed by atoms with van der Waals surface area (Å²) >= 11 is 0. The zero-order chi connectivity index (χ0) is 20.6. The van der Waals surface area contributed by atoms with Crippen molar-refractivity contribution in [1.82, 2.24) is 29.7 Å². The van der Waals surface area contributed by atoms with E-state index >= 15 is 0 Å². The van der Waals surface area contributed by atoms with E-state index < -0.39 is 0 Å². The van der Waals surface area contributed by atoms with Gasteiger partial charge < -0.3 is 4.90 Å². The Kier molecular flexibility index (Phi) is 4.37. The molecule has 4 heterocycles. The van der Waals surface area contributed by atoms with Crippen LogP contribution in [0, 0.1) is 5.92 Å². The molecule has 1 saturated heterocycles. The molecule has 7 heteroatoms. The van der Waals surface area contributed by atoms with Gasteiger partial charge in [0.2, 0.25) is 5.95 Å². The van der Waals surface area contributed by atoms with Crippen LogP contribution in [-0.4, -0.2) is 42.8 Å². The number of hydrogen-bond acceptors (Lipinski definition) is 5. The SMILES string of the molecule is c1ccc(CC2CCN(c3ncc4ncn(-c5ccc6cn[nH]c6c5)c4n3)CC2)cc1. The fourth-order valence-electron chi connectivity index (χ4n) is 4.50.